The van der Waals surface area contributed by atoms with Gasteiger partial charge in [0.2, 0.25) is 0 Å². The topological polar surface area (TPSA) is 106 Å². The smallest absolute Gasteiger partial charge is 0.328 e. The van der Waals surface area contributed by atoms with Crippen LogP contribution in [0.15, 0.2) is 12.2 Å². The second-order valence-electron chi connectivity index (χ2n) is 1.01. The van der Waals surface area contributed by atoms with Crippen molar-refractivity contribution in [1.29, 1.82) is 0 Å². The number of carboxylic acids is 2. The monoisotopic (exact) mass is 157 g/mol. The second-order valence-corrected chi connectivity index (χ2v) is 1.01. The Labute approximate surface area is 79.0 Å². The summed E-state index contributed by atoms with van der Waals surface area (Å²) in [5.41, 5.74) is 0. The van der Waals surface area contributed by atoms with Gasteiger partial charge in [0.1, 0.15) is 0 Å². The van der Waals surface area contributed by atoms with Crippen LogP contribution in [0.4, 0.5) is 0 Å². The largest absolute Gasteiger partial charge is 0.478 e. The molecule has 0 aromatic carbocycles. The third-order valence-corrected chi connectivity index (χ3v) is 0.368. The number of carbonyl (C=O) groups is 2. The summed E-state index contributed by atoms with van der Waals surface area (Å²) in [6.45, 7) is 0. The summed E-state index contributed by atoms with van der Waals surface area (Å²) in [7, 11) is 0. The van der Waals surface area contributed by atoms with Gasteiger partial charge in [-0.3, -0.25) is 0 Å². The van der Waals surface area contributed by atoms with E-state index in [1.807, 2.05) is 0 Å². The Bertz CT molecular complexity index is 125. The van der Waals surface area contributed by atoms with Gasteiger partial charge < -0.3 is 15.7 Å². The molecule has 0 bridgehead atoms. The molecule has 0 saturated carbocycles. The van der Waals surface area contributed by atoms with Gasteiger partial charge >= 0.3 is 11.9 Å². The van der Waals surface area contributed by atoms with Crippen molar-refractivity contribution in [1.82, 2.24) is 0 Å². The van der Waals surface area contributed by atoms with Crippen molar-refractivity contribution in [2.75, 3.05) is 0 Å². The summed E-state index contributed by atoms with van der Waals surface area (Å²) in [6.07, 6.45) is 1.12. The van der Waals surface area contributed by atoms with E-state index in [1.165, 1.54) is 0 Å². The summed E-state index contributed by atoms with van der Waals surface area (Å²) in [6, 6.07) is 0. The average molecular weight is 157 g/mol. The van der Waals surface area contributed by atoms with Crippen molar-refractivity contribution in [3.8, 4) is 0 Å². The Morgan fingerprint density at radius 3 is 1.30 bits per heavy atom. The summed E-state index contributed by atoms with van der Waals surface area (Å²) in [4.78, 5) is 19.1. The predicted octanol–water partition coefficient (Wildman–Crippen LogP) is -1.49. The molecule has 0 aliphatic heterocycles. The van der Waals surface area contributed by atoms with E-state index in [0.29, 0.717) is 12.2 Å². The van der Waals surface area contributed by atoms with Gasteiger partial charge in [-0.05, 0) is 0 Å². The SMILES string of the molecule is O.O=C(O)/C=C\C(=O)O.[Na]. The first kappa shape index (κ1) is 16.3. The first-order valence-electron chi connectivity index (χ1n) is 1.77. The van der Waals surface area contributed by atoms with E-state index in [0.717, 1.165) is 0 Å². The standard InChI is InChI=1S/C4H4O4.Na.H2O/c5-3(6)1-2-4(7)8;;/h1-2H,(H,5,6)(H,7,8);;1H2/b2-1-;;. The summed E-state index contributed by atoms with van der Waals surface area (Å²) in [5, 5.41) is 15.6. The molecule has 0 rings (SSSR count). The molecule has 6 heteroatoms. The van der Waals surface area contributed by atoms with E-state index in [4.69, 9.17) is 10.2 Å². The molecule has 10 heavy (non-hydrogen) atoms. The zero-order chi connectivity index (χ0) is 6.57. The van der Waals surface area contributed by atoms with Crippen molar-refractivity contribution in [3.63, 3.8) is 0 Å². The molecule has 0 aromatic heterocycles. The van der Waals surface area contributed by atoms with Gasteiger partial charge in [0.05, 0.1) is 0 Å². The third-order valence-electron chi connectivity index (χ3n) is 0.368. The number of hydrogen-bond donors (Lipinski definition) is 2. The molecule has 5 nitrogen and oxygen atoms in total. The summed E-state index contributed by atoms with van der Waals surface area (Å²) in [5.74, 6) is -2.51. The van der Waals surface area contributed by atoms with Gasteiger partial charge in [-0.1, -0.05) is 0 Å². The van der Waals surface area contributed by atoms with Gasteiger partial charge in [-0.25, -0.2) is 9.59 Å². The molecule has 0 aliphatic rings. The van der Waals surface area contributed by atoms with E-state index in [2.05, 4.69) is 0 Å². The summed E-state index contributed by atoms with van der Waals surface area (Å²) >= 11 is 0. The maximum absolute atomic E-state index is 9.55. The minimum absolute atomic E-state index is 0. The summed E-state index contributed by atoms with van der Waals surface area (Å²) < 4.78 is 0. The van der Waals surface area contributed by atoms with E-state index < -0.39 is 11.9 Å². The van der Waals surface area contributed by atoms with Crippen LogP contribution in [0.5, 0.6) is 0 Å². The fourth-order valence-electron chi connectivity index (χ4n) is 0.143. The molecule has 0 aliphatic carbocycles. The molecule has 0 heterocycles. The molecule has 0 amide bonds. The maximum Gasteiger partial charge on any atom is 0.328 e. The maximum atomic E-state index is 9.55. The molecule has 0 aromatic rings. The number of hydrogen-bond acceptors (Lipinski definition) is 2. The average Bonchev–Trinajstić information content (AvgIpc) is 1.61. The van der Waals surface area contributed by atoms with Gasteiger partial charge in [0, 0.05) is 41.7 Å². The van der Waals surface area contributed by atoms with Crippen molar-refractivity contribution in [2.45, 2.75) is 0 Å². The molecule has 0 atom stereocenters. The molecule has 0 fully saturated rings. The molecule has 1 radical (unpaired) electrons. The Kier molecular flexibility index (Phi) is 14.1. The zero-order valence-corrected chi connectivity index (χ0v) is 7.37. The van der Waals surface area contributed by atoms with E-state index in [1.54, 1.807) is 0 Å². The molecular weight excluding hydrogens is 151 g/mol. The van der Waals surface area contributed by atoms with Crippen LogP contribution in [-0.2, 0) is 9.59 Å². The number of rotatable bonds is 2. The Balaban J connectivity index is -0.000000245. The van der Waals surface area contributed by atoms with Gasteiger partial charge in [0.15, 0.2) is 0 Å². The Hall–Kier alpha value is -0.360. The second kappa shape index (κ2) is 8.64. The minimum atomic E-state index is -1.26. The van der Waals surface area contributed by atoms with Crippen LogP contribution in [0.1, 0.15) is 0 Å². The van der Waals surface area contributed by atoms with Crippen LogP contribution in [0.25, 0.3) is 0 Å². The molecular formula is C4H6NaO5. The van der Waals surface area contributed by atoms with Crippen LogP contribution in [0, 0.1) is 0 Å². The first-order valence-corrected chi connectivity index (χ1v) is 1.77. The Morgan fingerprint density at radius 1 is 1.00 bits per heavy atom. The number of aliphatic carboxylic acids is 2. The fourth-order valence-corrected chi connectivity index (χ4v) is 0.143. The normalized spacial score (nSPS) is 7.60. The molecule has 4 N–H and O–H groups in total. The Morgan fingerprint density at radius 2 is 1.20 bits per heavy atom. The van der Waals surface area contributed by atoms with Crippen LogP contribution >= 0.6 is 0 Å². The fraction of sp³-hybridized carbons (Fsp3) is 0. The van der Waals surface area contributed by atoms with Gasteiger partial charge in [-0.15, -0.1) is 0 Å². The van der Waals surface area contributed by atoms with Crippen molar-refractivity contribution in [3.05, 3.63) is 12.2 Å². The molecule has 53 valence electrons. The van der Waals surface area contributed by atoms with Crippen molar-refractivity contribution in [2.24, 2.45) is 0 Å². The number of carboxylic acid groups (broad SMARTS) is 2. The van der Waals surface area contributed by atoms with E-state index in [9.17, 15) is 9.59 Å². The van der Waals surface area contributed by atoms with Crippen LogP contribution < -0.4 is 0 Å². The molecule has 0 saturated heterocycles. The van der Waals surface area contributed by atoms with Gasteiger partial charge in [-0.2, -0.15) is 0 Å². The van der Waals surface area contributed by atoms with Crippen molar-refractivity contribution >= 4 is 41.5 Å². The molecule has 0 spiro atoms. The van der Waals surface area contributed by atoms with Crippen LogP contribution in [-0.4, -0.2) is 57.2 Å². The quantitative estimate of drug-likeness (QED) is 0.376. The zero-order valence-electron chi connectivity index (χ0n) is 5.37. The predicted molar refractivity (Wildman–Crippen MR) is 33.8 cm³/mol. The van der Waals surface area contributed by atoms with Crippen LogP contribution in [0.3, 0.4) is 0 Å². The molecule has 0 unspecified atom stereocenters. The van der Waals surface area contributed by atoms with Gasteiger partial charge in [0.25, 0.3) is 0 Å². The van der Waals surface area contributed by atoms with Crippen molar-refractivity contribution < 1.29 is 25.3 Å². The first-order chi connectivity index (χ1) is 3.63. The van der Waals surface area contributed by atoms with E-state index >= 15 is 0 Å². The minimum Gasteiger partial charge on any atom is -0.478 e. The third kappa shape index (κ3) is 15.6. The van der Waals surface area contributed by atoms with Crippen LogP contribution in [0.2, 0.25) is 0 Å². The van der Waals surface area contributed by atoms with E-state index in [-0.39, 0.29) is 35.0 Å².